The van der Waals surface area contributed by atoms with Crippen molar-refractivity contribution < 1.29 is 18.7 Å². The topological polar surface area (TPSA) is 99.4 Å². The van der Waals surface area contributed by atoms with Crippen molar-refractivity contribution in [1.82, 2.24) is 15.0 Å². The highest BCUT2D eigenvalue weighted by Gasteiger charge is 2.19. The van der Waals surface area contributed by atoms with Crippen molar-refractivity contribution in [2.75, 3.05) is 19.5 Å². The van der Waals surface area contributed by atoms with Crippen molar-refractivity contribution >= 4 is 39.1 Å². The SMILES string of the molecule is COC(=O)c1cnc(-c2oc3cnccc3c2Nc2ccc3c(OC)cccc3c2)nc1. The Hall–Kier alpha value is -4.46. The minimum absolute atomic E-state index is 0.256. The molecule has 0 spiro atoms. The molecule has 5 rings (SSSR count). The van der Waals surface area contributed by atoms with Gasteiger partial charge < -0.3 is 19.2 Å². The molecule has 0 fully saturated rings. The highest BCUT2D eigenvalue weighted by atomic mass is 16.5. The molecule has 2 aromatic carbocycles. The van der Waals surface area contributed by atoms with Gasteiger partial charge in [0.15, 0.2) is 17.2 Å². The molecule has 8 heteroatoms. The highest BCUT2D eigenvalue weighted by Crippen LogP contribution is 2.38. The van der Waals surface area contributed by atoms with Gasteiger partial charge in [-0.1, -0.05) is 12.1 Å². The number of anilines is 2. The normalized spacial score (nSPS) is 10.9. The van der Waals surface area contributed by atoms with Crippen LogP contribution in [0.1, 0.15) is 10.4 Å². The van der Waals surface area contributed by atoms with E-state index in [-0.39, 0.29) is 5.56 Å². The Labute approximate surface area is 182 Å². The second-order valence-electron chi connectivity index (χ2n) is 6.99. The molecule has 0 aliphatic carbocycles. The zero-order chi connectivity index (χ0) is 22.1. The van der Waals surface area contributed by atoms with E-state index in [9.17, 15) is 4.79 Å². The summed E-state index contributed by atoms with van der Waals surface area (Å²) in [4.78, 5) is 24.5. The lowest BCUT2D eigenvalue weighted by atomic mass is 10.1. The number of hydrogen-bond donors (Lipinski definition) is 1. The smallest absolute Gasteiger partial charge is 0.341 e. The van der Waals surface area contributed by atoms with E-state index in [2.05, 4.69) is 20.3 Å². The summed E-state index contributed by atoms with van der Waals surface area (Å²) in [6, 6.07) is 13.8. The number of furan rings is 1. The van der Waals surface area contributed by atoms with Crippen LogP contribution in [0, 0.1) is 0 Å². The van der Waals surface area contributed by atoms with Crippen molar-refractivity contribution in [3.63, 3.8) is 0 Å². The summed E-state index contributed by atoms with van der Waals surface area (Å²) in [5.74, 6) is 1.08. The van der Waals surface area contributed by atoms with Crippen LogP contribution in [0.2, 0.25) is 0 Å². The molecule has 3 heterocycles. The van der Waals surface area contributed by atoms with E-state index in [0.717, 1.165) is 27.6 Å². The van der Waals surface area contributed by atoms with Crippen LogP contribution < -0.4 is 10.1 Å². The van der Waals surface area contributed by atoms with Crippen molar-refractivity contribution in [3.05, 3.63) is 72.8 Å². The molecule has 0 atom stereocenters. The first-order valence-corrected chi connectivity index (χ1v) is 9.79. The third-order valence-electron chi connectivity index (χ3n) is 5.10. The lowest BCUT2D eigenvalue weighted by Gasteiger charge is -2.10. The molecule has 0 unspecified atom stereocenters. The van der Waals surface area contributed by atoms with E-state index < -0.39 is 5.97 Å². The van der Waals surface area contributed by atoms with E-state index in [0.29, 0.717) is 22.9 Å². The van der Waals surface area contributed by atoms with Gasteiger partial charge in [-0.3, -0.25) is 4.98 Å². The van der Waals surface area contributed by atoms with Gasteiger partial charge in [0, 0.05) is 35.1 Å². The minimum atomic E-state index is -0.504. The fourth-order valence-electron chi connectivity index (χ4n) is 3.56. The predicted octanol–water partition coefficient (Wildman–Crippen LogP) is 4.98. The maximum atomic E-state index is 11.7. The molecule has 0 aliphatic heterocycles. The molecule has 0 saturated carbocycles. The van der Waals surface area contributed by atoms with Gasteiger partial charge in [-0.2, -0.15) is 0 Å². The number of carbonyl (C=O) groups is 1. The number of ether oxygens (including phenoxy) is 2. The third-order valence-corrected chi connectivity index (χ3v) is 5.10. The molecular formula is C24H18N4O4. The summed E-state index contributed by atoms with van der Waals surface area (Å²) >= 11 is 0. The molecule has 3 aromatic heterocycles. The average Bonchev–Trinajstić information content (AvgIpc) is 3.21. The number of pyridine rings is 1. The Morgan fingerprint density at radius 2 is 1.84 bits per heavy atom. The second kappa shape index (κ2) is 7.99. The molecule has 5 aromatic rings. The molecule has 1 N–H and O–H groups in total. The van der Waals surface area contributed by atoms with Gasteiger partial charge in [-0.25, -0.2) is 14.8 Å². The Bertz CT molecular complexity index is 1440. The number of esters is 1. The summed E-state index contributed by atoms with van der Waals surface area (Å²) in [5.41, 5.74) is 2.41. The zero-order valence-electron chi connectivity index (χ0n) is 17.3. The van der Waals surface area contributed by atoms with E-state index in [1.54, 1.807) is 19.5 Å². The van der Waals surface area contributed by atoms with Crippen LogP contribution in [-0.2, 0) is 4.74 Å². The summed E-state index contributed by atoms with van der Waals surface area (Å²) in [7, 11) is 2.97. The van der Waals surface area contributed by atoms with Crippen LogP contribution >= 0.6 is 0 Å². The largest absolute Gasteiger partial charge is 0.496 e. The zero-order valence-corrected chi connectivity index (χ0v) is 17.3. The quantitative estimate of drug-likeness (QED) is 0.393. The van der Waals surface area contributed by atoms with Gasteiger partial charge in [-0.05, 0) is 35.7 Å². The Balaban J connectivity index is 1.59. The fraction of sp³-hybridized carbons (Fsp3) is 0.0833. The van der Waals surface area contributed by atoms with Gasteiger partial charge in [0.05, 0.1) is 31.7 Å². The number of rotatable bonds is 5. The number of carbonyl (C=O) groups excluding carboxylic acids is 1. The van der Waals surface area contributed by atoms with Gasteiger partial charge in [0.2, 0.25) is 0 Å². The Morgan fingerprint density at radius 1 is 1.00 bits per heavy atom. The summed E-state index contributed by atoms with van der Waals surface area (Å²) in [6.45, 7) is 0. The number of aromatic nitrogens is 3. The predicted molar refractivity (Wildman–Crippen MR) is 120 cm³/mol. The molecule has 32 heavy (non-hydrogen) atoms. The number of fused-ring (bicyclic) bond motifs is 2. The molecule has 158 valence electrons. The minimum Gasteiger partial charge on any atom is -0.496 e. The molecule has 0 aliphatic rings. The summed E-state index contributed by atoms with van der Waals surface area (Å²) in [5, 5.41) is 6.32. The molecule has 0 bridgehead atoms. The molecule has 0 saturated heterocycles. The first-order chi connectivity index (χ1) is 15.7. The number of nitrogens with one attached hydrogen (secondary N) is 1. The van der Waals surface area contributed by atoms with Crippen molar-refractivity contribution in [1.29, 1.82) is 0 Å². The number of hydrogen-bond acceptors (Lipinski definition) is 8. The summed E-state index contributed by atoms with van der Waals surface area (Å²) in [6.07, 6.45) is 6.15. The first-order valence-electron chi connectivity index (χ1n) is 9.79. The lowest BCUT2D eigenvalue weighted by molar-refractivity contribution is 0.0599. The maximum Gasteiger partial charge on any atom is 0.341 e. The van der Waals surface area contributed by atoms with Crippen LogP contribution in [0.15, 0.2) is 71.7 Å². The van der Waals surface area contributed by atoms with E-state index >= 15 is 0 Å². The van der Waals surface area contributed by atoms with Crippen molar-refractivity contribution in [3.8, 4) is 17.3 Å². The van der Waals surface area contributed by atoms with Crippen molar-refractivity contribution in [2.45, 2.75) is 0 Å². The Morgan fingerprint density at radius 3 is 2.62 bits per heavy atom. The van der Waals surface area contributed by atoms with Gasteiger partial charge in [0.25, 0.3) is 0 Å². The van der Waals surface area contributed by atoms with Gasteiger partial charge in [-0.15, -0.1) is 0 Å². The highest BCUT2D eigenvalue weighted by molar-refractivity contribution is 6.00. The molecule has 8 nitrogen and oxygen atoms in total. The molecular weight excluding hydrogens is 408 g/mol. The van der Waals surface area contributed by atoms with Crippen molar-refractivity contribution in [2.24, 2.45) is 0 Å². The second-order valence-corrected chi connectivity index (χ2v) is 6.99. The van der Waals surface area contributed by atoms with Gasteiger partial charge >= 0.3 is 5.97 Å². The van der Waals surface area contributed by atoms with Crippen LogP contribution in [0.4, 0.5) is 11.4 Å². The van der Waals surface area contributed by atoms with E-state index in [4.69, 9.17) is 13.9 Å². The van der Waals surface area contributed by atoms with Gasteiger partial charge in [0.1, 0.15) is 5.75 Å². The van der Waals surface area contributed by atoms with Crippen LogP contribution in [0.3, 0.4) is 0 Å². The number of methoxy groups -OCH3 is 2. The average molecular weight is 426 g/mol. The number of nitrogens with zero attached hydrogens (tertiary/aromatic N) is 3. The van der Waals surface area contributed by atoms with E-state index in [1.807, 2.05) is 42.5 Å². The third kappa shape index (κ3) is 3.37. The fourth-order valence-corrected chi connectivity index (χ4v) is 3.56. The summed E-state index contributed by atoms with van der Waals surface area (Å²) < 4.78 is 16.2. The first kappa shape index (κ1) is 19.5. The number of benzene rings is 2. The molecule has 0 amide bonds. The van der Waals surface area contributed by atoms with Crippen LogP contribution in [0.25, 0.3) is 33.3 Å². The van der Waals surface area contributed by atoms with E-state index in [1.165, 1.54) is 19.5 Å². The van der Waals surface area contributed by atoms with Crippen LogP contribution in [-0.4, -0.2) is 35.1 Å². The standard InChI is InChI=1S/C24H18N4O4/c1-30-19-5-3-4-14-10-16(6-7-17(14)19)28-21-18-8-9-25-13-20(18)32-22(21)23-26-11-15(12-27-23)24(29)31-2/h3-13,28H,1-2H3. The lowest BCUT2D eigenvalue weighted by Crippen LogP contribution is -2.03. The van der Waals surface area contributed by atoms with Crippen LogP contribution in [0.5, 0.6) is 5.75 Å². The Kier molecular flexibility index (Phi) is 4.87. The maximum absolute atomic E-state index is 11.7. The molecule has 0 radical (unpaired) electrons. The monoisotopic (exact) mass is 426 g/mol.